The van der Waals surface area contributed by atoms with Gasteiger partial charge in [-0.05, 0) is 60.9 Å². The van der Waals surface area contributed by atoms with Gasteiger partial charge in [0.15, 0.2) is 6.61 Å². The molecular formula is C20H20F3NO4. The molecule has 0 bridgehead atoms. The van der Waals surface area contributed by atoms with Crippen molar-refractivity contribution in [3.05, 3.63) is 71.3 Å². The second-order valence-electron chi connectivity index (χ2n) is 5.80. The summed E-state index contributed by atoms with van der Waals surface area (Å²) in [6.07, 6.45) is -2.10. The predicted molar refractivity (Wildman–Crippen MR) is 97.5 cm³/mol. The van der Waals surface area contributed by atoms with E-state index >= 15 is 0 Å². The molecule has 0 aliphatic heterocycles. The lowest BCUT2D eigenvalue weighted by molar-refractivity contribution is -0.139. The third-order valence-corrected chi connectivity index (χ3v) is 3.77. The van der Waals surface area contributed by atoms with E-state index in [1.807, 2.05) is 6.92 Å². The SMILES string of the molecule is CC=C(NOCCc1ccc(C(F)(F)F)cc1)c1ccc(OCC(=O)O)cc1. The highest BCUT2D eigenvalue weighted by atomic mass is 19.4. The molecule has 0 heterocycles. The molecule has 0 aliphatic rings. The second-order valence-corrected chi connectivity index (χ2v) is 5.80. The molecule has 2 rings (SSSR count). The van der Waals surface area contributed by atoms with Gasteiger partial charge in [-0.25, -0.2) is 4.79 Å². The molecule has 0 aromatic heterocycles. The van der Waals surface area contributed by atoms with E-state index < -0.39 is 24.3 Å². The molecule has 0 amide bonds. The van der Waals surface area contributed by atoms with Crippen molar-refractivity contribution in [3.8, 4) is 5.75 Å². The Balaban J connectivity index is 1.81. The summed E-state index contributed by atoms with van der Waals surface area (Å²) in [5.41, 5.74) is 4.36. The van der Waals surface area contributed by atoms with Crippen molar-refractivity contribution in [2.45, 2.75) is 19.5 Å². The van der Waals surface area contributed by atoms with Crippen LogP contribution in [0.5, 0.6) is 5.75 Å². The molecule has 8 heteroatoms. The van der Waals surface area contributed by atoms with E-state index in [1.165, 1.54) is 12.1 Å². The van der Waals surface area contributed by atoms with Crippen molar-refractivity contribution < 1.29 is 32.6 Å². The van der Waals surface area contributed by atoms with Crippen LogP contribution in [-0.4, -0.2) is 24.3 Å². The van der Waals surface area contributed by atoms with E-state index in [-0.39, 0.29) is 6.61 Å². The Labute approximate surface area is 160 Å². The summed E-state index contributed by atoms with van der Waals surface area (Å²) in [5, 5.41) is 8.60. The van der Waals surface area contributed by atoms with Crippen molar-refractivity contribution in [1.82, 2.24) is 5.48 Å². The first-order valence-electron chi connectivity index (χ1n) is 8.45. The van der Waals surface area contributed by atoms with E-state index in [0.29, 0.717) is 17.9 Å². The Hall–Kier alpha value is -3.00. The highest BCUT2D eigenvalue weighted by Gasteiger charge is 2.29. The van der Waals surface area contributed by atoms with E-state index in [1.54, 1.807) is 30.3 Å². The Morgan fingerprint density at radius 2 is 1.75 bits per heavy atom. The minimum absolute atomic E-state index is 0.266. The number of alkyl halides is 3. The smallest absolute Gasteiger partial charge is 0.416 e. The molecular weight excluding hydrogens is 375 g/mol. The molecule has 0 atom stereocenters. The van der Waals surface area contributed by atoms with Gasteiger partial charge in [0.05, 0.1) is 17.9 Å². The van der Waals surface area contributed by atoms with Crippen LogP contribution in [0.2, 0.25) is 0 Å². The summed E-state index contributed by atoms with van der Waals surface area (Å²) in [5.74, 6) is -0.619. The average molecular weight is 395 g/mol. The van der Waals surface area contributed by atoms with Gasteiger partial charge in [-0.2, -0.15) is 13.2 Å². The zero-order valence-corrected chi connectivity index (χ0v) is 15.1. The Bertz CT molecular complexity index is 800. The van der Waals surface area contributed by atoms with Crippen LogP contribution < -0.4 is 10.2 Å². The van der Waals surface area contributed by atoms with Gasteiger partial charge in [0, 0.05) is 0 Å². The van der Waals surface area contributed by atoms with E-state index in [0.717, 1.165) is 23.3 Å². The first kappa shape index (κ1) is 21.3. The summed E-state index contributed by atoms with van der Waals surface area (Å²) >= 11 is 0. The summed E-state index contributed by atoms with van der Waals surface area (Å²) in [4.78, 5) is 15.9. The molecule has 0 saturated carbocycles. The van der Waals surface area contributed by atoms with Crippen molar-refractivity contribution in [2.24, 2.45) is 0 Å². The summed E-state index contributed by atoms with van der Waals surface area (Å²) in [6.45, 7) is 1.67. The normalized spacial score (nSPS) is 11.9. The Morgan fingerprint density at radius 1 is 1.11 bits per heavy atom. The van der Waals surface area contributed by atoms with Crippen LogP contribution >= 0.6 is 0 Å². The van der Waals surface area contributed by atoms with Gasteiger partial charge >= 0.3 is 12.1 Å². The lowest BCUT2D eigenvalue weighted by Gasteiger charge is -2.12. The van der Waals surface area contributed by atoms with E-state index in [2.05, 4.69) is 5.48 Å². The Kier molecular flexibility index (Phi) is 7.45. The lowest BCUT2D eigenvalue weighted by Crippen LogP contribution is -2.15. The average Bonchev–Trinajstić information content (AvgIpc) is 2.67. The number of ether oxygens (including phenoxy) is 1. The monoisotopic (exact) mass is 395 g/mol. The maximum atomic E-state index is 12.5. The van der Waals surface area contributed by atoms with Crippen molar-refractivity contribution >= 4 is 11.7 Å². The minimum atomic E-state index is -4.34. The zero-order chi connectivity index (χ0) is 20.6. The largest absolute Gasteiger partial charge is 0.482 e. The highest BCUT2D eigenvalue weighted by molar-refractivity contribution is 5.68. The van der Waals surface area contributed by atoms with Crippen LogP contribution in [-0.2, 0) is 22.2 Å². The third kappa shape index (κ3) is 6.62. The van der Waals surface area contributed by atoms with Gasteiger partial charge in [0.2, 0.25) is 0 Å². The number of allylic oxidation sites excluding steroid dienone is 1. The quantitative estimate of drug-likeness (QED) is 0.490. The summed E-state index contributed by atoms with van der Waals surface area (Å²) in [7, 11) is 0. The van der Waals surface area contributed by atoms with Gasteiger partial charge < -0.3 is 9.84 Å². The van der Waals surface area contributed by atoms with Gasteiger partial charge in [0.1, 0.15) is 5.75 Å². The number of carboxylic acids is 1. The van der Waals surface area contributed by atoms with E-state index in [4.69, 9.17) is 14.7 Å². The van der Waals surface area contributed by atoms with Crippen molar-refractivity contribution in [2.75, 3.05) is 13.2 Å². The first-order valence-corrected chi connectivity index (χ1v) is 8.45. The summed E-state index contributed by atoms with van der Waals surface area (Å²) in [6, 6.07) is 11.7. The van der Waals surface area contributed by atoms with Crippen LogP contribution in [0, 0.1) is 0 Å². The number of nitrogens with one attached hydrogen (secondary N) is 1. The molecule has 0 unspecified atom stereocenters. The third-order valence-electron chi connectivity index (χ3n) is 3.77. The fourth-order valence-electron chi connectivity index (χ4n) is 2.32. The Morgan fingerprint density at radius 3 is 2.29 bits per heavy atom. The molecule has 2 aromatic rings. The molecule has 150 valence electrons. The number of hydrogen-bond donors (Lipinski definition) is 2. The maximum absolute atomic E-state index is 12.5. The van der Waals surface area contributed by atoms with Crippen LogP contribution in [0.3, 0.4) is 0 Å². The number of rotatable bonds is 9. The van der Waals surface area contributed by atoms with E-state index in [9.17, 15) is 18.0 Å². The fourth-order valence-corrected chi connectivity index (χ4v) is 2.32. The highest BCUT2D eigenvalue weighted by Crippen LogP contribution is 2.29. The van der Waals surface area contributed by atoms with Crippen LogP contribution in [0.15, 0.2) is 54.6 Å². The lowest BCUT2D eigenvalue weighted by atomic mass is 10.1. The number of benzene rings is 2. The molecule has 0 saturated heterocycles. The molecule has 0 fully saturated rings. The molecule has 0 aliphatic carbocycles. The van der Waals surface area contributed by atoms with Crippen LogP contribution in [0.4, 0.5) is 13.2 Å². The number of aliphatic carboxylic acids is 1. The topological polar surface area (TPSA) is 67.8 Å². The number of halogens is 3. The van der Waals surface area contributed by atoms with Gasteiger partial charge in [-0.1, -0.05) is 18.2 Å². The van der Waals surface area contributed by atoms with Crippen LogP contribution in [0.1, 0.15) is 23.6 Å². The molecule has 0 spiro atoms. The standard InChI is InChI=1S/C20H20F3NO4/c1-2-18(15-5-9-17(10-6-15)27-13-19(25)26)24-28-12-11-14-3-7-16(8-4-14)20(21,22)23/h2-10,24H,11-13H2,1H3,(H,25,26). The first-order chi connectivity index (χ1) is 13.3. The zero-order valence-electron chi connectivity index (χ0n) is 15.1. The van der Waals surface area contributed by atoms with Gasteiger partial charge in [-0.3, -0.25) is 10.3 Å². The molecule has 2 aromatic carbocycles. The number of hydrogen-bond acceptors (Lipinski definition) is 4. The summed E-state index contributed by atoms with van der Waals surface area (Å²) < 4.78 is 42.7. The predicted octanol–water partition coefficient (Wildman–Crippen LogP) is 4.29. The maximum Gasteiger partial charge on any atom is 0.416 e. The molecule has 28 heavy (non-hydrogen) atoms. The van der Waals surface area contributed by atoms with Gasteiger partial charge in [-0.15, -0.1) is 0 Å². The fraction of sp³-hybridized carbons (Fsp3) is 0.250. The van der Waals surface area contributed by atoms with Gasteiger partial charge in [0.25, 0.3) is 0 Å². The molecule has 2 N–H and O–H groups in total. The van der Waals surface area contributed by atoms with Crippen molar-refractivity contribution in [3.63, 3.8) is 0 Å². The number of carbonyl (C=O) groups is 1. The second kappa shape index (κ2) is 9.80. The number of hydroxylamine groups is 1. The minimum Gasteiger partial charge on any atom is -0.482 e. The van der Waals surface area contributed by atoms with Crippen molar-refractivity contribution in [1.29, 1.82) is 0 Å². The molecule has 0 radical (unpaired) electrons. The van der Waals surface area contributed by atoms with Crippen LogP contribution in [0.25, 0.3) is 5.70 Å². The molecule has 5 nitrogen and oxygen atoms in total. The number of carboxylic acid groups (broad SMARTS) is 1.